The maximum absolute atomic E-state index is 12.9. The number of aliphatic hydroxyl groups is 1. The lowest BCUT2D eigenvalue weighted by molar-refractivity contribution is -0.110. The number of methoxy groups -OCH3 is 2. The van der Waals surface area contributed by atoms with Gasteiger partial charge in [-0.3, -0.25) is 10.1 Å². The number of aromatic nitrogens is 1. The molecule has 2 aromatic rings. The monoisotopic (exact) mass is 500 g/mol. The Balaban J connectivity index is 2.24. The molecule has 0 bridgehead atoms. The highest BCUT2D eigenvalue weighted by atomic mass is 32.2. The second-order valence-corrected chi connectivity index (χ2v) is 9.87. The van der Waals surface area contributed by atoms with Crippen LogP contribution in [0.15, 0.2) is 40.5 Å². The zero-order valence-electron chi connectivity index (χ0n) is 18.7. The zero-order valence-corrected chi connectivity index (χ0v) is 20.3. The highest BCUT2D eigenvalue weighted by Gasteiger charge is 2.22. The molecule has 11 nitrogen and oxygen atoms in total. The minimum atomic E-state index is -3.72. The van der Waals surface area contributed by atoms with E-state index in [2.05, 4.69) is 15.5 Å². The first-order valence-corrected chi connectivity index (χ1v) is 12.2. The summed E-state index contributed by atoms with van der Waals surface area (Å²) in [7, 11) is 0.801. The maximum atomic E-state index is 12.9. The van der Waals surface area contributed by atoms with Crippen molar-refractivity contribution in [2.24, 2.45) is 5.16 Å². The number of nitrogens with one attached hydrogen (secondary N) is 1. The summed E-state index contributed by atoms with van der Waals surface area (Å²) in [6.07, 6.45) is 1.94. The molecule has 33 heavy (non-hydrogen) atoms. The molecule has 0 saturated carbocycles. The summed E-state index contributed by atoms with van der Waals surface area (Å²) in [5.74, 6) is -0.579. The predicted octanol–water partition coefficient (Wildman–Crippen LogP) is 1.30. The second-order valence-electron chi connectivity index (χ2n) is 6.71. The Morgan fingerprint density at radius 2 is 1.94 bits per heavy atom. The van der Waals surface area contributed by atoms with E-state index in [0.717, 1.165) is 4.88 Å². The molecule has 1 heterocycles. The van der Waals surface area contributed by atoms with E-state index < -0.39 is 15.9 Å². The maximum Gasteiger partial charge on any atom is 0.280 e. The highest BCUT2D eigenvalue weighted by molar-refractivity contribution is 7.89. The van der Waals surface area contributed by atoms with Crippen molar-refractivity contribution < 1.29 is 32.6 Å². The molecule has 0 aliphatic carbocycles. The lowest BCUT2D eigenvalue weighted by atomic mass is 10.1. The Morgan fingerprint density at radius 3 is 2.58 bits per heavy atom. The van der Waals surface area contributed by atoms with Crippen LogP contribution in [-0.2, 0) is 35.7 Å². The van der Waals surface area contributed by atoms with Gasteiger partial charge in [-0.25, -0.2) is 13.4 Å². The Kier molecular flexibility index (Phi) is 10.8. The topological polar surface area (TPSA) is 140 Å². The molecule has 0 saturated heterocycles. The van der Waals surface area contributed by atoms with Gasteiger partial charge < -0.3 is 19.4 Å². The van der Waals surface area contributed by atoms with Crippen molar-refractivity contribution >= 4 is 38.1 Å². The first-order valence-electron chi connectivity index (χ1n) is 9.95. The summed E-state index contributed by atoms with van der Waals surface area (Å²) in [6.45, 7) is 0.862. The Morgan fingerprint density at radius 1 is 1.21 bits per heavy atom. The van der Waals surface area contributed by atoms with Crippen LogP contribution in [0.25, 0.3) is 0 Å². The number of hydrogen-bond donors (Lipinski definition) is 2. The molecule has 0 aliphatic rings. The molecule has 2 rings (SSSR count). The molecule has 182 valence electrons. The summed E-state index contributed by atoms with van der Waals surface area (Å²) in [5.41, 5.74) is 0.289. The van der Waals surface area contributed by atoms with Crippen molar-refractivity contribution in [3.63, 3.8) is 0 Å². The minimum Gasteiger partial charge on any atom is -0.396 e. The van der Waals surface area contributed by atoms with Gasteiger partial charge in [-0.2, -0.15) is 4.31 Å². The fraction of sp³-hybridized carbons (Fsp3) is 0.450. The van der Waals surface area contributed by atoms with Crippen molar-refractivity contribution in [3.8, 4) is 0 Å². The highest BCUT2D eigenvalue weighted by Crippen LogP contribution is 2.20. The van der Waals surface area contributed by atoms with Gasteiger partial charge in [0.2, 0.25) is 10.0 Å². The van der Waals surface area contributed by atoms with E-state index in [1.54, 1.807) is 13.3 Å². The molecule has 0 radical (unpaired) electrons. The lowest BCUT2D eigenvalue weighted by Gasteiger charge is -2.17. The number of carbonyl (C=O) groups is 1. The number of amides is 1. The van der Waals surface area contributed by atoms with E-state index in [-0.39, 0.29) is 37.0 Å². The number of benzene rings is 1. The van der Waals surface area contributed by atoms with Gasteiger partial charge >= 0.3 is 0 Å². The average Bonchev–Trinajstić information content (AvgIpc) is 3.24. The molecular weight excluding hydrogens is 472 g/mol. The fourth-order valence-corrected chi connectivity index (χ4v) is 4.43. The van der Waals surface area contributed by atoms with E-state index in [1.165, 1.54) is 54.1 Å². The zero-order chi connectivity index (χ0) is 24.3. The fourth-order valence-electron chi connectivity index (χ4n) is 2.50. The summed E-state index contributed by atoms with van der Waals surface area (Å²) >= 11 is 1.25. The Bertz CT molecular complexity index is 1020. The standard InChI is InChI=1S/C20H28N4O7S2/c1-24(9-12-29-2)33(27,28)17-7-5-15(6-8-17)18(23-31-11-4-10-25)19(26)22-20-21-13-16(32-20)14-30-3/h5-8,13,25H,4,9-12,14H2,1-3H3,(H,21,22,26). The van der Waals surface area contributed by atoms with E-state index in [9.17, 15) is 13.2 Å². The molecule has 2 N–H and O–H groups in total. The van der Waals surface area contributed by atoms with Crippen LogP contribution in [-0.4, -0.2) is 82.1 Å². The van der Waals surface area contributed by atoms with Gasteiger partial charge in [-0.05, 0) is 12.1 Å². The lowest BCUT2D eigenvalue weighted by Crippen LogP contribution is -2.30. The van der Waals surface area contributed by atoms with Crippen LogP contribution in [0.4, 0.5) is 5.13 Å². The van der Waals surface area contributed by atoms with E-state index in [1.807, 2.05) is 0 Å². The molecule has 0 unspecified atom stereocenters. The van der Waals surface area contributed by atoms with Crippen LogP contribution >= 0.6 is 11.3 Å². The molecule has 1 amide bonds. The smallest absolute Gasteiger partial charge is 0.280 e. The number of rotatable bonds is 14. The molecular formula is C20H28N4O7S2. The van der Waals surface area contributed by atoms with Gasteiger partial charge in [0.25, 0.3) is 5.91 Å². The number of hydrogen-bond acceptors (Lipinski definition) is 10. The first kappa shape index (κ1) is 26.8. The normalized spacial score (nSPS) is 12.2. The van der Waals surface area contributed by atoms with E-state index >= 15 is 0 Å². The van der Waals surface area contributed by atoms with Crippen LogP contribution in [0.1, 0.15) is 16.9 Å². The van der Waals surface area contributed by atoms with E-state index in [4.69, 9.17) is 19.4 Å². The van der Waals surface area contributed by atoms with Crippen LogP contribution in [0, 0.1) is 0 Å². The minimum absolute atomic E-state index is 0.0619. The number of likely N-dealkylation sites (N-methyl/N-ethyl adjacent to an activating group) is 1. The predicted molar refractivity (Wildman–Crippen MR) is 124 cm³/mol. The van der Waals surface area contributed by atoms with Gasteiger partial charge in [0.15, 0.2) is 10.8 Å². The molecule has 0 atom stereocenters. The third kappa shape index (κ3) is 7.84. The number of nitrogens with zero attached hydrogens (tertiary/aromatic N) is 3. The number of anilines is 1. The Hall–Kier alpha value is -2.42. The molecule has 0 fully saturated rings. The first-order chi connectivity index (χ1) is 15.8. The van der Waals surface area contributed by atoms with Crippen LogP contribution in [0.5, 0.6) is 0 Å². The third-order valence-corrected chi connectivity index (χ3v) is 7.03. The van der Waals surface area contributed by atoms with Gasteiger partial charge in [-0.15, -0.1) is 0 Å². The van der Waals surface area contributed by atoms with Crippen LogP contribution in [0.3, 0.4) is 0 Å². The average molecular weight is 501 g/mol. The van der Waals surface area contributed by atoms with Crippen LogP contribution in [0.2, 0.25) is 0 Å². The summed E-state index contributed by atoms with van der Waals surface area (Å²) in [5, 5.41) is 15.8. The number of oxime groups is 1. The largest absolute Gasteiger partial charge is 0.396 e. The van der Waals surface area contributed by atoms with Crippen molar-refractivity contribution in [1.29, 1.82) is 0 Å². The number of carbonyl (C=O) groups excluding carboxylic acids is 1. The van der Waals surface area contributed by atoms with Gasteiger partial charge in [0, 0.05) is 52.6 Å². The van der Waals surface area contributed by atoms with Crippen molar-refractivity contribution in [1.82, 2.24) is 9.29 Å². The molecule has 1 aromatic heterocycles. The third-order valence-electron chi connectivity index (χ3n) is 4.27. The van der Waals surface area contributed by atoms with Crippen LogP contribution < -0.4 is 5.32 Å². The number of aliphatic hydroxyl groups excluding tert-OH is 1. The molecule has 0 spiro atoms. The van der Waals surface area contributed by atoms with Gasteiger partial charge in [0.05, 0.1) is 23.0 Å². The van der Waals surface area contributed by atoms with Crippen molar-refractivity contribution in [3.05, 3.63) is 40.9 Å². The van der Waals surface area contributed by atoms with Crippen molar-refractivity contribution in [2.75, 3.05) is 52.9 Å². The molecule has 13 heteroatoms. The van der Waals surface area contributed by atoms with Gasteiger partial charge in [0.1, 0.15) is 6.61 Å². The second kappa shape index (κ2) is 13.3. The Labute approximate surface area is 197 Å². The summed E-state index contributed by atoms with van der Waals surface area (Å²) in [4.78, 5) is 23.1. The number of ether oxygens (including phenoxy) is 2. The summed E-state index contributed by atoms with van der Waals surface area (Å²) < 4.78 is 36.5. The quantitative estimate of drug-likeness (QED) is 0.225. The van der Waals surface area contributed by atoms with E-state index in [0.29, 0.717) is 23.7 Å². The number of thiazole rings is 1. The SMILES string of the molecule is COCCN(C)S(=O)(=O)c1ccc(C(=NOCCCO)C(=O)Nc2ncc(COC)s2)cc1. The van der Waals surface area contributed by atoms with Crippen molar-refractivity contribution in [2.45, 2.75) is 17.9 Å². The van der Waals surface area contributed by atoms with Gasteiger partial charge in [-0.1, -0.05) is 28.6 Å². The number of sulfonamides is 1. The molecule has 0 aliphatic heterocycles. The molecule has 1 aromatic carbocycles. The summed E-state index contributed by atoms with van der Waals surface area (Å²) in [6, 6.07) is 5.74.